The Kier molecular flexibility index (Phi) is 5.15. The van der Waals surface area contributed by atoms with E-state index >= 15 is 0 Å². The maximum absolute atomic E-state index is 10.9. The molecular weight excluding hydrogens is 352 g/mol. The Morgan fingerprint density at radius 2 is 2.12 bits per heavy atom. The van der Waals surface area contributed by atoms with E-state index in [-0.39, 0.29) is 6.42 Å². The van der Waals surface area contributed by atoms with Crippen LogP contribution in [0.2, 0.25) is 5.02 Å². The summed E-state index contributed by atoms with van der Waals surface area (Å²) >= 11 is 6.12. The first-order chi connectivity index (χ1) is 12.5. The average Bonchev–Trinajstić information content (AvgIpc) is 2.99. The zero-order valence-electron chi connectivity index (χ0n) is 14.2. The largest absolute Gasteiger partial charge is 0.495 e. The lowest BCUT2D eigenvalue weighted by atomic mass is 9.99. The Morgan fingerprint density at radius 3 is 2.81 bits per heavy atom. The van der Waals surface area contributed by atoms with Gasteiger partial charge in [-0.3, -0.25) is 4.79 Å². The van der Waals surface area contributed by atoms with Gasteiger partial charge in [-0.15, -0.1) is 0 Å². The van der Waals surface area contributed by atoms with Gasteiger partial charge in [-0.1, -0.05) is 17.7 Å². The Labute approximate surface area is 155 Å². The Morgan fingerprint density at radius 1 is 1.31 bits per heavy atom. The van der Waals surface area contributed by atoms with E-state index in [1.165, 1.54) is 0 Å². The molecule has 2 N–H and O–H groups in total. The van der Waals surface area contributed by atoms with Crippen LogP contribution in [-0.2, 0) is 11.2 Å². The summed E-state index contributed by atoms with van der Waals surface area (Å²) in [6.45, 7) is 0. The van der Waals surface area contributed by atoms with Crippen LogP contribution in [0.25, 0.3) is 22.2 Å². The normalized spacial score (nSPS) is 10.7. The average molecular weight is 369 g/mol. The van der Waals surface area contributed by atoms with Crippen molar-refractivity contribution < 1.29 is 14.6 Å². The second-order valence-corrected chi connectivity index (χ2v) is 6.35. The second-order valence-electron chi connectivity index (χ2n) is 5.95. The summed E-state index contributed by atoms with van der Waals surface area (Å²) in [5.41, 5.74) is 4.24. The number of methoxy groups -OCH3 is 1. The van der Waals surface area contributed by atoms with Crippen molar-refractivity contribution in [3.05, 3.63) is 52.5 Å². The number of nitrogens with zero attached hydrogens (tertiary/aromatic N) is 1. The third-order valence-corrected chi connectivity index (χ3v) is 4.60. The lowest BCUT2D eigenvalue weighted by Crippen LogP contribution is -1.97. The number of carboxylic acid groups (broad SMARTS) is 1. The summed E-state index contributed by atoms with van der Waals surface area (Å²) in [5.74, 6) is -0.255. The fourth-order valence-corrected chi connectivity index (χ4v) is 3.25. The van der Waals surface area contributed by atoms with E-state index in [4.69, 9.17) is 21.4 Å². The molecule has 3 rings (SSSR count). The molecule has 0 saturated carbocycles. The molecule has 0 aliphatic rings. The number of nitriles is 1. The summed E-state index contributed by atoms with van der Waals surface area (Å²) in [4.78, 5) is 14.3. The van der Waals surface area contributed by atoms with Crippen LogP contribution in [0.4, 0.5) is 0 Å². The number of H-pyrrole nitrogens is 1. The van der Waals surface area contributed by atoms with Crippen LogP contribution in [-0.4, -0.2) is 23.2 Å². The highest BCUT2D eigenvalue weighted by Gasteiger charge is 2.15. The highest BCUT2D eigenvalue weighted by Crippen LogP contribution is 2.35. The summed E-state index contributed by atoms with van der Waals surface area (Å²) in [5, 5.41) is 19.6. The van der Waals surface area contributed by atoms with Crippen molar-refractivity contribution in [2.24, 2.45) is 0 Å². The van der Waals surface area contributed by atoms with Gasteiger partial charge in [-0.05, 0) is 48.7 Å². The molecule has 2 aromatic carbocycles. The van der Waals surface area contributed by atoms with Gasteiger partial charge < -0.3 is 14.8 Å². The number of aromatic nitrogens is 1. The Balaban J connectivity index is 2.14. The molecule has 3 aromatic rings. The van der Waals surface area contributed by atoms with E-state index in [9.17, 15) is 10.1 Å². The van der Waals surface area contributed by atoms with Gasteiger partial charge in [-0.2, -0.15) is 5.26 Å². The molecule has 0 amide bonds. The maximum Gasteiger partial charge on any atom is 0.303 e. The van der Waals surface area contributed by atoms with Gasteiger partial charge in [0.1, 0.15) is 5.75 Å². The predicted octanol–water partition coefficient (Wildman–Crippen LogP) is 4.78. The SMILES string of the molecule is COc1cc(-c2[nH]c3ccc(C#N)cc3c2CCCC(=O)O)ccc1Cl. The number of fused-ring (bicyclic) bond motifs is 1. The van der Waals surface area contributed by atoms with Crippen molar-refractivity contribution in [3.63, 3.8) is 0 Å². The number of carboxylic acids is 1. The lowest BCUT2D eigenvalue weighted by Gasteiger charge is -2.08. The van der Waals surface area contributed by atoms with Crippen LogP contribution < -0.4 is 4.74 Å². The molecule has 0 aliphatic heterocycles. The number of aliphatic carboxylic acids is 1. The summed E-state index contributed by atoms with van der Waals surface area (Å²) < 4.78 is 5.30. The van der Waals surface area contributed by atoms with Crippen molar-refractivity contribution >= 4 is 28.5 Å². The molecule has 0 radical (unpaired) electrons. The first-order valence-corrected chi connectivity index (χ1v) is 8.51. The fourth-order valence-electron chi connectivity index (χ4n) is 3.06. The molecule has 26 heavy (non-hydrogen) atoms. The van der Waals surface area contributed by atoms with Crippen molar-refractivity contribution in [1.29, 1.82) is 5.26 Å². The smallest absolute Gasteiger partial charge is 0.303 e. The molecule has 0 atom stereocenters. The quantitative estimate of drug-likeness (QED) is 0.655. The zero-order chi connectivity index (χ0) is 18.7. The number of rotatable bonds is 6. The number of ether oxygens (including phenoxy) is 1. The van der Waals surface area contributed by atoms with Crippen LogP contribution in [0.5, 0.6) is 5.75 Å². The fraction of sp³-hybridized carbons (Fsp3) is 0.200. The molecular formula is C20H17ClN2O3. The lowest BCUT2D eigenvalue weighted by molar-refractivity contribution is -0.137. The number of hydrogen-bond donors (Lipinski definition) is 2. The molecule has 0 unspecified atom stereocenters. The van der Waals surface area contributed by atoms with E-state index < -0.39 is 5.97 Å². The molecule has 0 fully saturated rings. The van der Waals surface area contributed by atoms with Gasteiger partial charge in [-0.25, -0.2) is 0 Å². The Bertz CT molecular complexity index is 1020. The monoisotopic (exact) mass is 368 g/mol. The number of hydrogen-bond acceptors (Lipinski definition) is 3. The standard InChI is InChI=1S/C20H17ClN2O3/c1-26-18-10-13(6-7-16(18)21)20-14(3-2-4-19(24)25)15-9-12(11-22)5-8-17(15)23-20/h5-10,23H,2-4H2,1H3,(H,24,25). The van der Waals surface area contributed by atoms with Gasteiger partial charge in [0.25, 0.3) is 0 Å². The van der Waals surface area contributed by atoms with E-state index in [1.54, 1.807) is 19.2 Å². The molecule has 0 aliphatic carbocycles. The van der Waals surface area contributed by atoms with Crippen molar-refractivity contribution in [2.75, 3.05) is 7.11 Å². The molecule has 5 nitrogen and oxygen atoms in total. The molecule has 0 saturated heterocycles. The zero-order valence-corrected chi connectivity index (χ0v) is 14.9. The first kappa shape index (κ1) is 17.8. The van der Waals surface area contributed by atoms with Crippen LogP contribution in [0, 0.1) is 11.3 Å². The van der Waals surface area contributed by atoms with Gasteiger partial charge in [0.05, 0.1) is 23.8 Å². The molecule has 6 heteroatoms. The highest BCUT2D eigenvalue weighted by molar-refractivity contribution is 6.32. The molecule has 132 valence electrons. The van der Waals surface area contributed by atoms with E-state index in [0.717, 1.165) is 27.7 Å². The van der Waals surface area contributed by atoms with Gasteiger partial charge >= 0.3 is 5.97 Å². The second kappa shape index (κ2) is 7.51. The number of carbonyl (C=O) groups is 1. The molecule has 0 bridgehead atoms. The first-order valence-electron chi connectivity index (χ1n) is 8.14. The van der Waals surface area contributed by atoms with Crippen molar-refractivity contribution in [2.45, 2.75) is 19.3 Å². The number of aryl methyl sites for hydroxylation is 1. The summed E-state index contributed by atoms with van der Waals surface area (Å²) in [6, 6.07) is 13.1. The van der Waals surface area contributed by atoms with Gasteiger partial charge in [0.15, 0.2) is 0 Å². The van der Waals surface area contributed by atoms with E-state index in [1.807, 2.05) is 24.3 Å². The number of halogens is 1. The van der Waals surface area contributed by atoms with Crippen LogP contribution in [0.1, 0.15) is 24.0 Å². The van der Waals surface area contributed by atoms with Crippen LogP contribution in [0.15, 0.2) is 36.4 Å². The maximum atomic E-state index is 10.9. The molecule has 1 heterocycles. The minimum absolute atomic E-state index is 0.0913. The number of benzene rings is 2. The van der Waals surface area contributed by atoms with Crippen molar-refractivity contribution in [1.82, 2.24) is 4.98 Å². The minimum Gasteiger partial charge on any atom is -0.495 e. The summed E-state index contributed by atoms with van der Waals surface area (Å²) in [6.07, 6.45) is 1.19. The topological polar surface area (TPSA) is 86.1 Å². The van der Waals surface area contributed by atoms with Crippen molar-refractivity contribution in [3.8, 4) is 23.1 Å². The third kappa shape index (κ3) is 3.51. The molecule has 1 aromatic heterocycles. The molecule has 0 spiro atoms. The minimum atomic E-state index is -0.822. The van der Waals surface area contributed by atoms with E-state index in [0.29, 0.717) is 29.2 Å². The van der Waals surface area contributed by atoms with Crippen LogP contribution in [0.3, 0.4) is 0 Å². The highest BCUT2D eigenvalue weighted by atomic mass is 35.5. The number of nitrogens with one attached hydrogen (secondary N) is 1. The predicted molar refractivity (Wildman–Crippen MR) is 101 cm³/mol. The van der Waals surface area contributed by atoms with Crippen LogP contribution >= 0.6 is 11.6 Å². The number of aromatic amines is 1. The van der Waals surface area contributed by atoms with Gasteiger partial charge in [0, 0.05) is 28.6 Å². The van der Waals surface area contributed by atoms with Gasteiger partial charge in [0.2, 0.25) is 0 Å². The summed E-state index contributed by atoms with van der Waals surface area (Å²) in [7, 11) is 1.56. The Hall–Kier alpha value is -2.97. The third-order valence-electron chi connectivity index (χ3n) is 4.29. The van der Waals surface area contributed by atoms with E-state index in [2.05, 4.69) is 11.1 Å².